The fourth-order valence-corrected chi connectivity index (χ4v) is 3.40. The van der Waals surface area contributed by atoms with Crippen molar-refractivity contribution in [3.05, 3.63) is 24.3 Å². The number of rotatable bonds is 12. The summed E-state index contributed by atoms with van der Waals surface area (Å²) in [5.74, 6) is -0.528. The predicted octanol–water partition coefficient (Wildman–Crippen LogP) is 1.28. The average Bonchev–Trinajstić information content (AvgIpc) is 2.77. The van der Waals surface area contributed by atoms with Gasteiger partial charge in [-0.25, -0.2) is 0 Å². The van der Waals surface area contributed by atoms with E-state index in [4.69, 9.17) is 10.5 Å². The Balaban J connectivity index is 1.61. The van der Waals surface area contributed by atoms with Crippen LogP contribution < -0.4 is 21.1 Å². The Morgan fingerprint density at radius 1 is 1.07 bits per heavy atom. The Hall–Kier alpha value is -2.16. The van der Waals surface area contributed by atoms with Gasteiger partial charge in [0.1, 0.15) is 12.4 Å². The summed E-state index contributed by atoms with van der Waals surface area (Å²) in [6, 6.07) is 7.10. The third-order valence-electron chi connectivity index (χ3n) is 5.19. The van der Waals surface area contributed by atoms with E-state index in [9.17, 15) is 9.59 Å². The number of carbonyl (C=O) groups is 2. The number of likely N-dealkylation sites (tertiary alicyclic amines) is 1. The Morgan fingerprint density at radius 2 is 1.77 bits per heavy atom. The van der Waals surface area contributed by atoms with Crippen molar-refractivity contribution in [3.63, 3.8) is 0 Å². The minimum Gasteiger partial charge on any atom is -0.492 e. The molecule has 1 aromatic rings. The molecule has 8 nitrogen and oxygen atoms in total. The summed E-state index contributed by atoms with van der Waals surface area (Å²) in [4.78, 5) is 28.6. The van der Waals surface area contributed by atoms with Crippen molar-refractivity contribution >= 4 is 17.5 Å². The Labute approximate surface area is 180 Å². The van der Waals surface area contributed by atoms with Crippen LogP contribution in [0.15, 0.2) is 24.3 Å². The monoisotopic (exact) mass is 419 g/mol. The van der Waals surface area contributed by atoms with Crippen molar-refractivity contribution in [3.8, 4) is 5.75 Å². The minimum absolute atomic E-state index is 0.461. The topological polar surface area (TPSA) is 99.9 Å². The van der Waals surface area contributed by atoms with Gasteiger partial charge in [-0.3, -0.25) is 14.5 Å². The molecular weight excluding hydrogens is 382 g/mol. The van der Waals surface area contributed by atoms with Crippen molar-refractivity contribution < 1.29 is 14.3 Å². The molecule has 0 unspecified atom stereocenters. The van der Waals surface area contributed by atoms with Gasteiger partial charge < -0.3 is 26.0 Å². The molecule has 1 saturated heterocycles. The molecule has 0 spiro atoms. The Bertz CT molecular complexity index is 632. The zero-order chi connectivity index (χ0) is 21.6. The number of nitrogens with zero attached hydrogens (tertiary/aromatic N) is 2. The van der Waals surface area contributed by atoms with Gasteiger partial charge in [-0.2, -0.15) is 0 Å². The van der Waals surface area contributed by atoms with Crippen molar-refractivity contribution in [2.75, 3.05) is 64.8 Å². The summed E-state index contributed by atoms with van der Waals surface area (Å²) in [6.45, 7) is 6.81. The lowest BCUT2D eigenvalue weighted by molar-refractivity contribution is -0.136. The summed E-state index contributed by atoms with van der Waals surface area (Å²) in [7, 11) is 2.02. The maximum Gasteiger partial charge on any atom is 0.313 e. The van der Waals surface area contributed by atoms with E-state index in [1.807, 2.05) is 7.05 Å². The van der Waals surface area contributed by atoms with Crippen LogP contribution in [0.1, 0.15) is 32.1 Å². The molecule has 8 heteroatoms. The van der Waals surface area contributed by atoms with Crippen LogP contribution in [0.4, 0.5) is 5.69 Å². The number of benzene rings is 1. The maximum absolute atomic E-state index is 12.0. The molecule has 0 aliphatic carbocycles. The van der Waals surface area contributed by atoms with Crippen LogP contribution in [0.25, 0.3) is 0 Å². The molecule has 4 N–H and O–H groups in total. The normalized spacial score (nSPS) is 14.5. The number of hydrogen-bond donors (Lipinski definition) is 3. The van der Waals surface area contributed by atoms with Crippen LogP contribution in [-0.4, -0.2) is 81.1 Å². The molecule has 1 fully saturated rings. The molecule has 0 aromatic heterocycles. The first-order valence-electron chi connectivity index (χ1n) is 11.0. The first-order chi connectivity index (χ1) is 14.6. The average molecular weight is 420 g/mol. The molecule has 1 aliphatic rings. The second-order valence-corrected chi connectivity index (χ2v) is 7.78. The number of nitrogens with one attached hydrogen (secondary N) is 2. The van der Waals surface area contributed by atoms with Crippen LogP contribution in [0.2, 0.25) is 0 Å². The maximum atomic E-state index is 12.0. The van der Waals surface area contributed by atoms with E-state index in [1.165, 1.54) is 19.3 Å². The van der Waals surface area contributed by atoms with E-state index >= 15 is 0 Å². The third-order valence-corrected chi connectivity index (χ3v) is 5.19. The predicted molar refractivity (Wildman–Crippen MR) is 120 cm³/mol. The first kappa shape index (κ1) is 24.1. The summed E-state index contributed by atoms with van der Waals surface area (Å²) in [5.41, 5.74) is 6.06. The van der Waals surface area contributed by atoms with Gasteiger partial charge in [0.2, 0.25) is 0 Å². The molecule has 2 rings (SSSR count). The lowest BCUT2D eigenvalue weighted by Gasteiger charge is -2.26. The van der Waals surface area contributed by atoms with E-state index in [0.717, 1.165) is 51.3 Å². The van der Waals surface area contributed by atoms with Crippen LogP contribution in [0, 0.1) is 0 Å². The first-order valence-corrected chi connectivity index (χ1v) is 11.0. The highest BCUT2D eigenvalue weighted by atomic mass is 16.5. The third kappa shape index (κ3) is 9.56. The van der Waals surface area contributed by atoms with Crippen LogP contribution in [0.5, 0.6) is 5.75 Å². The molecule has 2 amide bonds. The fraction of sp³-hybridized carbons (Fsp3) is 0.636. The van der Waals surface area contributed by atoms with Crippen LogP contribution in [-0.2, 0) is 9.59 Å². The zero-order valence-electron chi connectivity index (χ0n) is 18.2. The van der Waals surface area contributed by atoms with Gasteiger partial charge in [0.25, 0.3) is 0 Å². The number of hydrogen-bond acceptors (Lipinski definition) is 6. The number of carbonyl (C=O) groups excluding carboxylic acids is 2. The minimum atomic E-state index is -0.662. The van der Waals surface area contributed by atoms with E-state index in [2.05, 4.69) is 20.4 Å². The molecule has 0 radical (unpaired) electrons. The molecule has 0 atom stereocenters. The SMILES string of the molecule is CN(CCCN)CCCNC(=O)C(=O)Nc1ccc(OCCN2CCCCC2)cc1. The lowest BCUT2D eigenvalue weighted by atomic mass is 10.1. The van der Waals surface area contributed by atoms with Crippen LogP contribution in [0.3, 0.4) is 0 Å². The van der Waals surface area contributed by atoms with Crippen LogP contribution >= 0.6 is 0 Å². The van der Waals surface area contributed by atoms with Crippen molar-refractivity contribution in [2.45, 2.75) is 32.1 Å². The second-order valence-electron chi connectivity index (χ2n) is 7.78. The highest BCUT2D eigenvalue weighted by Crippen LogP contribution is 2.16. The quantitative estimate of drug-likeness (QED) is 0.349. The number of amides is 2. The molecule has 0 saturated carbocycles. The van der Waals surface area contributed by atoms with Gasteiger partial charge in [0, 0.05) is 18.8 Å². The Kier molecular flexibility index (Phi) is 11.2. The second kappa shape index (κ2) is 14.0. The summed E-state index contributed by atoms with van der Waals surface area (Å²) < 4.78 is 5.78. The van der Waals surface area contributed by atoms with Gasteiger partial charge in [0.15, 0.2) is 0 Å². The number of piperidine rings is 1. The van der Waals surface area contributed by atoms with Gasteiger partial charge in [0.05, 0.1) is 0 Å². The van der Waals surface area contributed by atoms with Crippen molar-refractivity contribution in [1.82, 2.24) is 15.1 Å². The number of anilines is 1. The van der Waals surface area contributed by atoms with E-state index < -0.39 is 11.8 Å². The summed E-state index contributed by atoms with van der Waals surface area (Å²) >= 11 is 0. The molecular formula is C22H37N5O3. The fourth-order valence-electron chi connectivity index (χ4n) is 3.40. The van der Waals surface area contributed by atoms with E-state index in [-0.39, 0.29) is 0 Å². The van der Waals surface area contributed by atoms with Gasteiger partial charge in [-0.05, 0) is 89.7 Å². The summed E-state index contributed by atoms with van der Waals surface area (Å²) in [6.07, 6.45) is 5.61. The molecule has 168 valence electrons. The largest absolute Gasteiger partial charge is 0.492 e. The zero-order valence-corrected chi connectivity index (χ0v) is 18.2. The highest BCUT2D eigenvalue weighted by molar-refractivity contribution is 6.39. The Morgan fingerprint density at radius 3 is 2.47 bits per heavy atom. The molecule has 0 bridgehead atoms. The van der Waals surface area contributed by atoms with Gasteiger partial charge in [-0.1, -0.05) is 6.42 Å². The smallest absolute Gasteiger partial charge is 0.313 e. The van der Waals surface area contributed by atoms with E-state index in [1.54, 1.807) is 24.3 Å². The number of ether oxygens (including phenoxy) is 1. The molecule has 1 heterocycles. The number of nitrogens with two attached hydrogens (primary N) is 1. The van der Waals surface area contributed by atoms with Gasteiger partial charge in [-0.15, -0.1) is 0 Å². The highest BCUT2D eigenvalue weighted by Gasteiger charge is 2.13. The lowest BCUT2D eigenvalue weighted by Crippen LogP contribution is -2.37. The summed E-state index contributed by atoms with van der Waals surface area (Å²) in [5, 5.41) is 5.27. The van der Waals surface area contributed by atoms with E-state index in [0.29, 0.717) is 25.4 Å². The van der Waals surface area contributed by atoms with Gasteiger partial charge >= 0.3 is 11.8 Å². The van der Waals surface area contributed by atoms with Crippen molar-refractivity contribution in [1.29, 1.82) is 0 Å². The standard InChI is InChI=1S/C22H37N5O3/c1-26(13-5-11-23)14-6-12-24-21(28)22(29)25-19-7-9-20(10-8-19)30-18-17-27-15-3-2-4-16-27/h7-10H,2-6,11-18,23H2,1H3,(H,24,28)(H,25,29). The molecule has 30 heavy (non-hydrogen) atoms. The van der Waals surface area contributed by atoms with Crippen molar-refractivity contribution in [2.24, 2.45) is 5.73 Å². The molecule has 1 aromatic carbocycles. The molecule has 1 aliphatic heterocycles.